The highest BCUT2D eigenvalue weighted by atomic mass is 16.2. The van der Waals surface area contributed by atoms with Gasteiger partial charge in [0.15, 0.2) is 11.6 Å². The molecule has 0 spiro atoms. The smallest absolute Gasteiger partial charge is 0.310 e. The third kappa shape index (κ3) is 3.32. The summed E-state index contributed by atoms with van der Waals surface area (Å²) in [5.41, 5.74) is 1.94. The summed E-state index contributed by atoms with van der Waals surface area (Å²) < 4.78 is 1.91. The Hall–Kier alpha value is -3.82. The van der Waals surface area contributed by atoms with Gasteiger partial charge in [-0.3, -0.25) is 20.7 Å². The fourth-order valence-corrected chi connectivity index (χ4v) is 2.63. The first kappa shape index (κ1) is 16.6. The molecular formula is C17H17N9O. The topological polar surface area (TPSA) is 126 Å². The number of nitrogens with zero attached hydrogens (tertiary/aromatic N) is 6. The number of amides is 2. The van der Waals surface area contributed by atoms with Crippen LogP contribution in [0.3, 0.4) is 0 Å². The number of H-pyrrole nitrogens is 1. The average molecular weight is 363 g/mol. The Bertz CT molecular complexity index is 1100. The zero-order valence-corrected chi connectivity index (χ0v) is 14.7. The fourth-order valence-electron chi connectivity index (χ4n) is 2.63. The number of carbonyl (C=O) groups is 1. The fraction of sp³-hybridized carbons (Fsp3) is 0.176. The Morgan fingerprint density at radius 1 is 1.19 bits per heavy atom. The van der Waals surface area contributed by atoms with E-state index < -0.39 is 6.03 Å². The Labute approximate surface area is 154 Å². The predicted octanol–water partition coefficient (Wildman–Crippen LogP) is 2.84. The SMILES string of the molecule is CC(C)n1cnnc1-c1cccc(NC(=O)Nc2n[nH]c3cccnc23)n1. The van der Waals surface area contributed by atoms with E-state index in [4.69, 9.17) is 0 Å². The molecular weight excluding hydrogens is 346 g/mol. The summed E-state index contributed by atoms with van der Waals surface area (Å²) in [6.07, 6.45) is 3.29. The van der Waals surface area contributed by atoms with Crippen molar-refractivity contribution in [3.8, 4) is 11.5 Å². The van der Waals surface area contributed by atoms with Gasteiger partial charge in [-0.25, -0.2) is 9.78 Å². The molecule has 0 aromatic carbocycles. The second-order valence-corrected chi connectivity index (χ2v) is 6.11. The molecule has 4 aromatic heterocycles. The number of aromatic amines is 1. The van der Waals surface area contributed by atoms with E-state index in [1.807, 2.05) is 30.5 Å². The molecule has 2 amide bonds. The molecule has 0 radical (unpaired) electrons. The van der Waals surface area contributed by atoms with Gasteiger partial charge in [-0.05, 0) is 38.1 Å². The lowest BCUT2D eigenvalue weighted by Crippen LogP contribution is -2.20. The van der Waals surface area contributed by atoms with Crippen LogP contribution in [0, 0.1) is 0 Å². The van der Waals surface area contributed by atoms with E-state index in [1.54, 1.807) is 30.7 Å². The van der Waals surface area contributed by atoms with E-state index >= 15 is 0 Å². The van der Waals surface area contributed by atoms with Gasteiger partial charge in [-0.15, -0.1) is 10.2 Å². The Kier molecular flexibility index (Phi) is 4.21. The van der Waals surface area contributed by atoms with E-state index in [-0.39, 0.29) is 6.04 Å². The number of anilines is 2. The number of hydrogen-bond acceptors (Lipinski definition) is 6. The summed E-state index contributed by atoms with van der Waals surface area (Å²) in [6, 6.07) is 8.64. The molecule has 4 heterocycles. The van der Waals surface area contributed by atoms with Gasteiger partial charge in [-0.2, -0.15) is 5.10 Å². The molecule has 0 saturated heterocycles. The Morgan fingerprint density at radius 3 is 2.93 bits per heavy atom. The van der Waals surface area contributed by atoms with Gasteiger partial charge in [0.05, 0.1) is 5.52 Å². The minimum absolute atomic E-state index is 0.192. The van der Waals surface area contributed by atoms with Gasteiger partial charge in [0.1, 0.15) is 23.4 Å². The Morgan fingerprint density at radius 2 is 2.07 bits per heavy atom. The third-order valence-electron chi connectivity index (χ3n) is 3.90. The molecule has 0 saturated carbocycles. The minimum atomic E-state index is -0.468. The van der Waals surface area contributed by atoms with E-state index in [2.05, 4.69) is 41.0 Å². The normalized spacial score (nSPS) is 11.1. The molecule has 4 rings (SSSR count). The second-order valence-electron chi connectivity index (χ2n) is 6.11. The highest BCUT2D eigenvalue weighted by Crippen LogP contribution is 2.20. The molecule has 0 bridgehead atoms. The van der Waals surface area contributed by atoms with Gasteiger partial charge in [0.25, 0.3) is 0 Å². The summed E-state index contributed by atoms with van der Waals surface area (Å²) in [4.78, 5) is 21.0. The van der Waals surface area contributed by atoms with Crippen molar-refractivity contribution in [2.45, 2.75) is 19.9 Å². The molecule has 0 fully saturated rings. The van der Waals surface area contributed by atoms with Crippen molar-refractivity contribution in [2.24, 2.45) is 0 Å². The maximum Gasteiger partial charge on any atom is 0.326 e. The maximum absolute atomic E-state index is 12.3. The molecule has 0 aliphatic carbocycles. The highest BCUT2D eigenvalue weighted by Gasteiger charge is 2.14. The number of fused-ring (bicyclic) bond motifs is 1. The largest absolute Gasteiger partial charge is 0.326 e. The summed E-state index contributed by atoms with van der Waals surface area (Å²) in [5, 5.41) is 20.3. The first-order chi connectivity index (χ1) is 13.1. The summed E-state index contributed by atoms with van der Waals surface area (Å²) in [5.74, 6) is 1.37. The molecule has 0 atom stereocenters. The van der Waals surface area contributed by atoms with Gasteiger partial charge in [0, 0.05) is 12.2 Å². The van der Waals surface area contributed by atoms with Crippen LogP contribution in [-0.2, 0) is 0 Å². The Balaban J connectivity index is 1.53. The van der Waals surface area contributed by atoms with Crippen molar-refractivity contribution in [1.29, 1.82) is 0 Å². The van der Waals surface area contributed by atoms with Crippen LogP contribution in [0.5, 0.6) is 0 Å². The van der Waals surface area contributed by atoms with Crippen LogP contribution in [0.1, 0.15) is 19.9 Å². The van der Waals surface area contributed by atoms with Crippen LogP contribution >= 0.6 is 0 Å². The second kappa shape index (κ2) is 6.83. The predicted molar refractivity (Wildman–Crippen MR) is 100 cm³/mol. The molecule has 10 nitrogen and oxygen atoms in total. The van der Waals surface area contributed by atoms with E-state index in [0.717, 1.165) is 5.52 Å². The molecule has 27 heavy (non-hydrogen) atoms. The van der Waals surface area contributed by atoms with Crippen LogP contribution in [0.15, 0.2) is 42.9 Å². The number of carbonyl (C=O) groups excluding carboxylic acids is 1. The quantitative estimate of drug-likeness (QED) is 0.512. The number of aromatic nitrogens is 7. The van der Waals surface area contributed by atoms with Crippen molar-refractivity contribution in [3.63, 3.8) is 0 Å². The molecule has 3 N–H and O–H groups in total. The molecule has 0 aliphatic heterocycles. The van der Waals surface area contributed by atoms with E-state index in [0.29, 0.717) is 28.7 Å². The first-order valence-corrected chi connectivity index (χ1v) is 8.36. The summed E-state index contributed by atoms with van der Waals surface area (Å²) >= 11 is 0. The van der Waals surface area contributed by atoms with Crippen LogP contribution in [-0.4, -0.2) is 41.0 Å². The van der Waals surface area contributed by atoms with Crippen LogP contribution < -0.4 is 10.6 Å². The van der Waals surface area contributed by atoms with Crippen LogP contribution in [0.25, 0.3) is 22.6 Å². The molecule has 4 aromatic rings. The zero-order valence-electron chi connectivity index (χ0n) is 14.7. The highest BCUT2D eigenvalue weighted by molar-refractivity contribution is 6.03. The lowest BCUT2D eigenvalue weighted by molar-refractivity contribution is 0.262. The molecule has 0 aliphatic rings. The van der Waals surface area contributed by atoms with Crippen molar-refractivity contribution in [2.75, 3.05) is 10.6 Å². The number of urea groups is 1. The third-order valence-corrected chi connectivity index (χ3v) is 3.90. The van der Waals surface area contributed by atoms with Crippen molar-refractivity contribution in [3.05, 3.63) is 42.9 Å². The van der Waals surface area contributed by atoms with Crippen LogP contribution in [0.4, 0.5) is 16.4 Å². The van der Waals surface area contributed by atoms with Gasteiger partial charge in [0.2, 0.25) is 0 Å². The lowest BCUT2D eigenvalue weighted by atomic mass is 10.3. The first-order valence-electron chi connectivity index (χ1n) is 8.36. The number of hydrogen-bond donors (Lipinski definition) is 3. The number of rotatable bonds is 4. The minimum Gasteiger partial charge on any atom is -0.310 e. The van der Waals surface area contributed by atoms with E-state index in [1.165, 1.54) is 0 Å². The van der Waals surface area contributed by atoms with Gasteiger partial charge in [-0.1, -0.05) is 6.07 Å². The molecule has 10 heteroatoms. The standard InChI is InChI=1S/C17H17N9O/c1-10(2)26-9-19-25-16(26)12-5-3-7-13(20-12)21-17(27)22-15-14-11(23-24-15)6-4-8-18-14/h3-10H,1-2H3,(H3,20,21,22,23,24,27). The molecule has 136 valence electrons. The van der Waals surface area contributed by atoms with E-state index in [9.17, 15) is 4.79 Å². The molecule has 0 unspecified atom stereocenters. The monoisotopic (exact) mass is 363 g/mol. The zero-order chi connectivity index (χ0) is 18.8. The van der Waals surface area contributed by atoms with Crippen LogP contribution in [0.2, 0.25) is 0 Å². The number of nitrogens with one attached hydrogen (secondary N) is 3. The number of pyridine rings is 2. The maximum atomic E-state index is 12.3. The van der Waals surface area contributed by atoms with Gasteiger partial charge >= 0.3 is 6.03 Å². The summed E-state index contributed by atoms with van der Waals surface area (Å²) in [6.45, 7) is 4.06. The van der Waals surface area contributed by atoms with Gasteiger partial charge < -0.3 is 4.57 Å². The summed E-state index contributed by atoms with van der Waals surface area (Å²) in [7, 11) is 0. The van der Waals surface area contributed by atoms with Crippen molar-refractivity contribution < 1.29 is 4.79 Å². The average Bonchev–Trinajstić information content (AvgIpc) is 3.30. The van der Waals surface area contributed by atoms with Crippen molar-refractivity contribution >= 4 is 28.7 Å². The lowest BCUT2D eigenvalue weighted by Gasteiger charge is -2.10. The van der Waals surface area contributed by atoms with Crippen molar-refractivity contribution in [1.82, 2.24) is 34.9 Å².